The smallest absolute Gasteiger partial charge is 0.226 e. The van der Waals surface area contributed by atoms with Crippen LogP contribution < -0.4 is 5.32 Å². The molecule has 0 spiro atoms. The molecule has 1 N–H and O–H groups in total. The van der Waals surface area contributed by atoms with Gasteiger partial charge in [0.05, 0.1) is 19.3 Å². The highest BCUT2D eigenvalue weighted by Gasteiger charge is 2.20. The van der Waals surface area contributed by atoms with Crippen LogP contribution in [-0.2, 0) is 11.2 Å². The first kappa shape index (κ1) is 14.5. The molecule has 19 heavy (non-hydrogen) atoms. The van der Waals surface area contributed by atoms with Crippen LogP contribution in [0.2, 0.25) is 0 Å². The second kappa shape index (κ2) is 8.27. The van der Waals surface area contributed by atoms with Gasteiger partial charge in [-0.25, -0.2) is 0 Å². The van der Waals surface area contributed by atoms with E-state index in [1.807, 2.05) is 0 Å². The summed E-state index contributed by atoms with van der Waals surface area (Å²) in [4.78, 5) is 4.45. The topological polar surface area (TPSA) is 60.2 Å². The monoisotopic (exact) mass is 267 g/mol. The van der Waals surface area contributed by atoms with E-state index in [0.29, 0.717) is 6.61 Å². The molecule has 2 rings (SSSR count). The summed E-state index contributed by atoms with van der Waals surface area (Å²) in [6.07, 6.45) is 8.58. The standard InChI is InChI=1S/C14H25N3O2/c1-2-3-4-5-6-7-8-13-16-14(17-19-13)12-11-18-10-9-15-12/h12,15H,2-11H2,1H3. The van der Waals surface area contributed by atoms with Crippen molar-refractivity contribution in [2.24, 2.45) is 0 Å². The molecule has 1 aromatic heterocycles. The van der Waals surface area contributed by atoms with Crippen molar-refractivity contribution in [3.63, 3.8) is 0 Å². The van der Waals surface area contributed by atoms with Gasteiger partial charge in [0.25, 0.3) is 0 Å². The third-order valence-corrected chi connectivity index (χ3v) is 3.46. The van der Waals surface area contributed by atoms with Crippen LogP contribution in [0.15, 0.2) is 4.52 Å². The molecule has 0 aromatic carbocycles. The van der Waals surface area contributed by atoms with E-state index in [1.165, 1.54) is 32.1 Å². The molecule has 0 saturated carbocycles. The van der Waals surface area contributed by atoms with Crippen molar-refractivity contribution < 1.29 is 9.26 Å². The molecule has 0 aliphatic carbocycles. The van der Waals surface area contributed by atoms with E-state index in [-0.39, 0.29) is 6.04 Å². The SMILES string of the molecule is CCCCCCCCc1nc(C2COCCN2)no1. The molecule has 5 heteroatoms. The van der Waals surface area contributed by atoms with E-state index in [0.717, 1.165) is 37.7 Å². The number of aryl methyl sites for hydroxylation is 1. The van der Waals surface area contributed by atoms with Crippen LogP contribution in [-0.4, -0.2) is 29.9 Å². The summed E-state index contributed by atoms with van der Waals surface area (Å²) in [7, 11) is 0. The minimum absolute atomic E-state index is 0.0933. The van der Waals surface area contributed by atoms with Crippen molar-refractivity contribution >= 4 is 0 Å². The molecule has 0 amide bonds. The number of hydrogen-bond donors (Lipinski definition) is 1. The Morgan fingerprint density at radius 3 is 2.84 bits per heavy atom. The van der Waals surface area contributed by atoms with Gasteiger partial charge in [0.1, 0.15) is 0 Å². The number of rotatable bonds is 8. The lowest BCUT2D eigenvalue weighted by Gasteiger charge is -2.20. The average molecular weight is 267 g/mol. The molecule has 1 aliphatic heterocycles. The van der Waals surface area contributed by atoms with Crippen LogP contribution in [0, 0.1) is 0 Å². The minimum atomic E-state index is 0.0933. The number of nitrogens with zero attached hydrogens (tertiary/aromatic N) is 2. The molecule has 108 valence electrons. The first-order chi connectivity index (χ1) is 9.40. The van der Waals surface area contributed by atoms with Gasteiger partial charge in [-0.2, -0.15) is 4.98 Å². The van der Waals surface area contributed by atoms with Crippen LogP contribution in [0.25, 0.3) is 0 Å². The summed E-state index contributed by atoms with van der Waals surface area (Å²) >= 11 is 0. The molecule has 5 nitrogen and oxygen atoms in total. The number of morpholine rings is 1. The number of hydrogen-bond acceptors (Lipinski definition) is 5. The van der Waals surface area contributed by atoms with Crippen molar-refractivity contribution in [1.82, 2.24) is 15.5 Å². The summed E-state index contributed by atoms with van der Waals surface area (Å²) in [5.74, 6) is 1.50. The highest BCUT2D eigenvalue weighted by molar-refractivity contribution is 4.95. The summed E-state index contributed by atoms with van der Waals surface area (Å²) in [6.45, 7) is 4.49. The normalized spacial score (nSPS) is 19.7. The molecule has 1 fully saturated rings. The lowest BCUT2D eigenvalue weighted by atomic mass is 10.1. The maximum Gasteiger partial charge on any atom is 0.226 e. The van der Waals surface area contributed by atoms with Gasteiger partial charge in [-0.15, -0.1) is 0 Å². The average Bonchev–Trinajstić information content (AvgIpc) is 2.92. The number of ether oxygens (including phenoxy) is 1. The molecular weight excluding hydrogens is 242 g/mol. The maximum absolute atomic E-state index is 5.40. The molecule has 1 unspecified atom stereocenters. The highest BCUT2D eigenvalue weighted by atomic mass is 16.5. The number of unbranched alkanes of at least 4 members (excludes halogenated alkanes) is 5. The Morgan fingerprint density at radius 1 is 1.21 bits per heavy atom. The zero-order valence-electron chi connectivity index (χ0n) is 11.9. The Balaban J connectivity index is 1.66. The zero-order chi connectivity index (χ0) is 13.3. The molecule has 2 heterocycles. The molecule has 1 saturated heterocycles. The predicted molar refractivity (Wildman–Crippen MR) is 72.9 cm³/mol. The first-order valence-electron chi connectivity index (χ1n) is 7.53. The van der Waals surface area contributed by atoms with Crippen molar-refractivity contribution in [3.8, 4) is 0 Å². The molecule has 0 bridgehead atoms. The molecule has 0 radical (unpaired) electrons. The predicted octanol–water partition coefficient (Wildman–Crippen LogP) is 2.63. The first-order valence-corrected chi connectivity index (χ1v) is 7.53. The van der Waals surface area contributed by atoms with Gasteiger partial charge in [-0.05, 0) is 6.42 Å². The summed E-state index contributed by atoms with van der Waals surface area (Å²) in [5.41, 5.74) is 0. The highest BCUT2D eigenvalue weighted by Crippen LogP contribution is 2.14. The van der Waals surface area contributed by atoms with E-state index in [1.54, 1.807) is 0 Å². The molecule has 1 atom stereocenters. The molecule has 1 aromatic rings. The summed E-state index contributed by atoms with van der Waals surface area (Å²) in [6, 6.07) is 0.0933. The fourth-order valence-electron chi connectivity index (χ4n) is 2.30. The largest absolute Gasteiger partial charge is 0.378 e. The fourth-order valence-corrected chi connectivity index (χ4v) is 2.30. The third-order valence-electron chi connectivity index (χ3n) is 3.46. The lowest BCUT2D eigenvalue weighted by molar-refractivity contribution is 0.0734. The van der Waals surface area contributed by atoms with Gasteiger partial charge in [-0.1, -0.05) is 44.2 Å². The van der Waals surface area contributed by atoms with Gasteiger partial charge in [0, 0.05) is 13.0 Å². The number of aromatic nitrogens is 2. The van der Waals surface area contributed by atoms with Crippen LogP contribution in [0.4, 0.5) is 0 Å². The van der Waals surface area contributed by atoms with Gasteiger partial charge in [-0.3, -0.25) is 0 Å². The van der Waals surface area contributed by atoms with Gasteiger partial charge in [0.2, 0.25) is 5.89 Å². The fraction of sp³-hybridized carbons (Fsp3) is 0.857. The van der Waals surface area contributed by atoms with Crippen molar-refractivity contribution in [2.75, 3.05) is 19.8 Å². The van der Waals surface area contributed by atoms with Crippen molar-refractivity contribution in [3.05, 3.63) is 11.7 Å². The van der Waals surface area contributed by atoms with Crippen LogP contribution in [0.1, 0.15) is 63.2 Å². The lowest BCUT2D eigenvalue weighted by Crippen LogP contribution is -2.35. The summed E-state index contributed by atoms with van der Waals surface area (Å²) < 4.78 is 10.7. The van der Waals surface area contributed by atoms with Gasteiger partial charge >= 0.3 is 0 Å². The van der Waals surface area contributed by atoms with Crippen molar-refractivity contribution in [1.29, 1.82) is 0 Å². The van der Waals surface area contributed by atoms with E-state index in [4.69, 9.17) is 9.26 Å². The Labute approximate surface area is 115 Å². The Morgan fingerprint density at radius 2 is 2.05 bits per heavy atom. The Bertz CT molecular complexity index is 348. The van der Waals surface area contributed by atoms with E-state index in [2.05, 4.69) is 22.4 Å². The number of nitrogens with one attached hydrogen (secondary N) is 1. The second-order valence-corrected chi connectivity index (χ2v) is 5.15. The second-order valence-electron chi connectivity index (χ2n) is 5.15. The zero-order valence-corrected chi connectivity index (χ0v) is 11.9. The Hall–Kier alpha value is -0.940. The van der Waals surface area contributed by atoms with E-state index >= 15 is 0 Å². The van der Waals surface area contributed by atoms with Crippen LogP contribution >= 0.6 is 0 Å². The van der Waals surface area contributed by atoms with Crippen LogP contribution in [0.5, 0.6) is 0 Å². The van der Waals surface area contributed by atoms with Gasteiger partial charge in [0.15, 0.2) is 5.82 Å². The molecule has 1 aliphatic rings. The van der Waals surface area contributed by atoms with Crippen LogP contribution in [0.3, 0.4) is 0 Å². The third kappa shape index (κ3) is 4.91. The quantitative estimate of drug-likeness (QED) is 0.734. The molecular formula is C14H25N3O2. The van der Waals surface area contributed by atoms with Crippen molar-refractivity contribution in [2.45, 2.75) is 57.9 Å². The maximum atomic E-state index is 5.40. The van der Waals surface area contributed by atoms with Gasteiger partial charge < -0.3 is 14.6 Å². The Kier molecular flexibility index (Phi) is 6.30. The van der Waals surface area contributed by atoms with E-state index in [9.17, 15) is 0 Å². The minimum Gasteiger partial charge on any atom is -0.378 e. The summed E-state index contributed by atoms with van der Waals surface area (Å²) in [5, 5.41) is 7.37. The van der Waals surface area contributed by atoms with E-state index < -0.39 is 0 Å².